The average Bonchev–Trinajstić information content (AvgIpc) is 3.00. The maximum absolute atomic E-state index is 13.7. The van der Waals surface area contributed by atoms with Crippen LogP contribution in [-0.2, 0) is 9.59 Å². The van der Waals surface area contributed by atoms with Gasteiger partial charge in [-0.3, -0.25) is 14.5 Å². The number of fused-ring (bicyclic) bond motifs is 2. The highest BCUT2D eigenvalue weighted by atomic mass is 35.5. The van der Waals surface area contributed by atoms with E-state index >= 15 is 0 Å². The number of para-hydroxylation sites is 2. The van der Waals surface area contributed by atoms with Crippen molar-refractivity contribution in [3.8, 4) is 0 Å². The van der Waals surface area contributed by atoms with Gasteiger partial charge in [-0.2, -0.15) is 13.2 Å². The summed E-state index contributed by atoms with van der Waals surface area (Å²) in [6, 6.07) is 8.40. The smallest absolute Gasteiger partial charge is 0.409 e. The Morgan fingerprint density at radius 2 is 2.07 bits per heavy atom. The van der Waals surface area contributed by atoms with E-state index in [1.165, 1.54) is 18.2 Å². The molecule has 0 aliphatic carbocycles. The van der Waals surface area contributed by atoms with Crippen molar-refractivity contribution in [2.45, 2.75) is 23.9 Å². The van der Waals surface area contributed by atoms with E-state index in [1.807, 2.05) is 0 Å². The third-order valence-corrected chi connectivity index (χ3v) is 5.47. The first-order valence-electron chi connectivity index (χ1n) is 8.69. The van der Waals surface area contributed by atoms with Crippen LogP contribution in [0, 0.1) is 0 Å². The first-order chi connectivity index (χ1) is 14.2. The minimum Gasteiger partial charge on any atom is -0.431 e. The average molecular weight is 456 g/mol. The van der Waals surface area contributed by atoms with E-state index < -0.39 is 30.5 Å². The normalized spacial score (nSPS) is 16.9. The Morgan fingerprint density at radius 1 is 1.30 bits per heavy atom. The van der Waals surface area contributed by atoms with Crippen molar-refractivity contribution >= 4 is 57.7 Å². The number of nitrogens with zero attached hydrogens (tertiary/aromatic N) is 2. The summed E-state index contributed by atoms with van der Waals surface area (Å²) in [5.74, 6) is -2.01. The molecule has 0 saturated heterocycles. The van der Waals surface area contributed by atoms with Crippen molar-refractivity contribution in [2.24, 2.45) is 0 Å². The maximum atomic E-state index is 13.7. The number of halogens is 4. The van der Waals surface area contributed by atoms with Crippen LogP contribution in [0.25, 0.3) is 11.1 Å². The lowest BCUT2D eigenvalue weighted by atomic mass is 10.1. The number of alkyl halides is 3. The third-order valence-electron chi connectivity index (χ3n) is 4.42. The molecule has 156 valence electrons. The number of oxazole rings is 1. The molecular weight excluding hydrogens is 443 g/mol. The van der Waals surface area contributed by atoms with Gasteiger partial charge < -0.3 is 9.73 Å². The van der Waals surface area contributed by atoms with Gasteiger partial charge >= 0.3 is 6.18 Å². The topological polar surface area (TPSA) is 75.4 Å². The van der Waals surface area contributed by atoms with E-state index in [0.29, 0.717) is 21.0 Å². The number of rotatable bonds is 3. The predicted octanol–water partition coefficient (Wildman–Crippen LogP) is 4.88. The zero-order valence-corrected chi connectivity index (χ0v) is 16.6. The largest absolute Gasteiger partial charge is 0.431 e. The van der Waals surface area contributed by atoms with Gasteiger partial charge in [0, 0.05) is 5.02 Å². The molecule has 0 radical (unpaired) electrons. The Balaban J connectivity index is 1.62. The number of hydrogen-bond acceptors (Lipinski definition) is 5. The van der Waals surface area contributed by atoms with Crippen LogP contribution in [0.4, 0.5) is 24.5 Å². The van der Waals surface area contributed by atoms with Crippen LogP contribution < -0.4 is 10.2 Å². The number of thioether (sulfide) groups is 1. The number of nitrogens with one attached hydrogen (secondary N) is 1. The number of anilines is 2. The molecule has 4 rings (SSSR count). The second-order valence-corrected chi connectivity index (χ2v) is 7.83. The van der Waals surface area contributed by atoms with Gasteiger partial charge in [-0.1, -0.05) is 35.5 Å². The van der Waals surface area contributed by atoms with Crippen molar-refractivity contribution in [2.75, 3.05) is 16.0 Å². The number of amides is 2. The zero-order chi connectivity index (χ0) is 21.5. The van der Waals surface area contributed by atoms with Crippen LogP contribution in [0.2, 0.25) is 5.02 Å². The first kappa shape index (κ1) is 20.5. The summed E-state index contributed by atoms with van der Waals surface area (Å²) in [5.41, 5.74) is 1.04. The predicted molar refractivity (Wildman–Crippen MR) is 107 cm³/mol. The van der Waals surface area contributed by atoms with Crippen molar-refractivity contribution < 1.29 is 27.2 Å². The van der Waals surface area contributed by atoms with Gasteiger partial charge in [-0.15, -0.1) is 0 Å². The van der Waals surface area contributed by atoms with Crippen molar-refractivity contribution in [3.63, 3.8) is 0 Å². The lowest BCUT2D eigenvalue weighted by Crippen LogP contribution is -2.50. The molecule has 2 heterocycles. The summed E-state index contributed by atoms with van der Waals surface area (Å²) in [5, 5.41) is 3.00. The number of aromatic nitrogens is 1. The molecule has 30 heavy (non-hydrogen) atoms. The molecule has 0 bridgehead atoms. The summed E-state index contributed by atoms with van der Waals surface area (Å²) in [7, 11) is 0. The lowest BCUT2D eigenvalue weighted by molar-refractivity contribution is -0.157. The Morgan fingerprint density at radius 3 is 2.83 bits per heavy atom. The maximum Gasteiger partial charge on any atom is 0.409 e. The summed E-state index contributed by atoms with van der Waals surface area (Å²) < 4.78 is 46.6. The summed E-state index contributed by atoms with van der Waals surface area (Å²) in [6.07, 6.45) is -5.68. The number of carbonyl (C=O) groups is 2. The van der Waals surface area contributed by atoms with E-state index in [9.17, 15) is 22.8 Å². The van der Waals surface area contributed by atoms with Gasteiger partial charge in [0.05, 0.1) is 23.5 Å². The molecule has 1 unspecified atom stereocenters. The molecule has 1 aromatic heterocycles. The number of benzene rings is 2. The van der Waals surface area contributed by atoms with Gasteiger partial charge in [0.2, 0.25) is 11.8 Å². The van der Waals surface area contributed by atoms with Crippen LogP contribution in [0.1, 0.15) is 6.42 Å². The second kappa shape index (κ2) is 7.84. The first-order valence-corrected chi connectivity index (χ1v) is 10.1. The second-order valence-electron chi connectivity index (χ2n) is 6.47. The van der Waals surface area contributed by atoms with Crippen LogP contribution in [0.15, 0.2) is 52.1 Å². The number of hydrogen-bond donors (Lipinski definition) is 1. The zero-order valence-electron chi connectivity index (χ0n) is 15.1. The molecule has 1 N–H and O–H groups in total. The molecule has 2 amide bonds. The molecule has 6 nitrogen and oxygen atoms in total. The van der Waals surface area contributed by atoms with Crippen LogP contribution in [-0.4, -0.2) is 34.8 Å². The van der Waals surface area contributed by atoms with Gasteiger partial charge in [-0.25, -0.2) is 4.98 Å². The van der Waals surface area contributed by atoms with Gasteiger partial charge in [0.1, 0.15) is 11.6 Å². The molecule has 1 aliphatic rings. The summed E-state index contributed by atoms with van der Waals surface area (Å²) in [4.78, 5) is 29.7. The van der Waals surface area contributed by atoms with Crippen molar-refractivity contribution in [3.05, 3.63) is 47.5 Å². The quantitative estimate of drug-likeness (QED) is 0.570. The van der Waals surface area contributed by atoms with E-state index in [0.717, 1.165) is 11.8 Å². The highest BCUT2D eigenvalue weighted by Gasteiger charge is 2.48. The highest BCUT2D eigenvalue weighted by Crippen LogP contribution is 2.38. The summed E-state index contributed by atoms with van der Waals surface area (Å²) >= 11 is 6.77. The number of carbonyl (C=O) groups excluding carboxylic acids is 2. The lowest BCUT2D eigenvalue weighted by Gasteiger charge is -2.31. The highest BCUT2D eigenvalue weighted by molar-refractivity contribution is 7.99. The van der Waals surface area contributed by atoms with Gasteiger partial charge in [0.25, 0.3) is 5.22 Å². The minimum atomic E-state index is -4.79. The Labute approximate surface area is 177 Å². The molecule has 0 fully saturated rings. The molecule has 11 heteroatoms. The van der Waals surface area contributed by atoms with E-state index in [-0.39, 0.29) is 22.4 Å². The van der Waals surface area contributed by atoms with Crippen molar-refractivity contribution in [1.29, 1.82) is 0 Å². The molecule has 2 aromatic carbocycles. The monoisotopic (exact) mass is 455 g/mol. The van der Waals surface area contributed by atoms with Crippen LogP contribution in [0.5, 0.6) is 0 Å². The Kier molecular flexibility index (Phi) is 5.37. The molecule has 1 atom stereocenters. The molecule has 0 saturated carbocycles. The SMILES string of the molecule is O=C1CC(C(F)(F)F)N(C(=O)CSc2nc3cc(Cl)ccc3o2)c2ccccc2N1. The fourth-order valence-electron chi connectivity index (χ4n) is 3.13. The summed E-state index contributed by atoms with van der Waals surface area (Å²) in [6.45, 7) is 0. The van der Waals surface area contributed by atoms with Crippen molar-refractivity contribution in [1.82, 2.24) is 4.98 Å². The molecule has 0 spiro atoms. The Bertz CT molecular complexity index is 1130. The Hall–Kier alpha value is -2.72. The molecule has 3 aromatic rings. The third kappa shape index (κ3) is 4.10. The minimum absolute atomic E-state index is 0.0133. The van der Waals surface area contributed by atoms with Crippen LogP contribution >= 0.6 is 23.4 Å². The fourth-order valence-corrected chi connectivity index (χ4v) is 3.99. The van der Waals surface area contributed by atoms with E-state index in [1.54, 1.807) is 24.3 Å². The molecular formula is C19H13ClF3N3O3S. The standard InChI is InChI=1S/C19H13ClF3N3O3S/c20-10-5-6-14-12(7-10)25-18(29-14)30-9-17(28)26-13-4-2-1-3-11(13)24-16(27)8-15(26)19(21,22)23/h1-7,15H,8-9H2,(H,24,27). The fraction of sp³-hybridized carbons (Fsp3) is 0.211. The molecule has 1 aliphatic heterocycles. The van der Waals surface area contributed by atoms with Gasteiger partial charge in [-0.05, 0) is 30.3 Å². The van der Waals surface area contributed by atoms with E-state index in [4.69, 9.17) is 16.0 Å². The van der Waals surface area contributed by atoms with Crippen LogP contribution in [0.3, 0.4) is 0 Å². The van der Waals surface area contributed by atoms with E-state index in [2.05, 4.69) is 10.3 Å². The van der Waals surface area contributed by atoms with Gasteiger partial charge in [0.15, 0.2) is 5.58 Å².